The van der Waals surface area contributed by atoms with E-state index < -0.39 is 48.0 Å². The highest BCUT2D eigenvalue weighted by molar-refractivity contribution is 7.92. The zero-order valence-electron chi connectivity index (χ0n) is 23.0. The molecule has 0 radical (unpaired) electrons. The van der Waals surface area contributed by atoms with E-state index in [-0.39, 0.29) is 34.6 Å². The second-order valence-electron chi connectivity index (χ2n) is 9.95. The molecule has 45 heavy (non-hydrogen) atoms. The first-order chi connectivity index (χ1) is 21.3. The largest absolute Gasteiger partial charge is 0.331 e. The molecule has 11 nitrogen and oxygen atoms in total. The normalized spacial score (nSPS) is 12.1. The van der Waals surface area contributed by atoms with Gasteiger partial charge in [0.2, 0.25) is 10.0 Å². The van der Waals surface area contributed by atoms with Crippen LogP contribution >= 0.6 is 11.3 Å². The Kier molecular flexibility index (Phi) is 7.50. The second kappa shape index (κ2) is 11.2. The van der Waals surface area contributed by atoms with Crippen LogP contribution in [0.5, 0.6) is 0 Å². The maximum atomic E-state index is 14.9. The van der Waals surface area contributed by atoms with Crippen molar-refractivity contribution in [3.63, 3.8) is 0 Å². The van der Waals surface area contributed by atoms with Gasteiger partial charge in [-0.1, -0.05) is 12.1 Å². The monoisotopic (exact) mass is 669 g/mol. The number of rotatable bonds is 8. The zero-order valence-corrected chi connectivity index (χ0v) is 25.5. The number of pyridine rings is 1. The summed E-state index contributed by atoms with van der Waals surface area (Å²) in [4.78, 5) is 33.8. The van der Waals surface area contributed by atoms with Crippen LogP contribution in [0.25, 0.3) is 32.2 Å². The van der Waals surface area contributed by atoms with E-state index >= 15 is 0 Å². The van der Waals surface area contributed by atoms with E-state index in [0.717, 1.165) is 24.5 Å². The summed E-state index contributed by atoms with van der Waals surface area (Å²) in [6.45, 7) is -0.348. The molecule has 0 aliphatic rings. The summed E-state index contributed by atoms with van der Waals surface area (Å²) < 4.78 is 85.3. The van der Waals surface area contributed by atoms with Crippen LogP contribution in [0, 0.1) is 11.6 Å². The van der Waals surface area contributed by atoms with Crippen LogP contribution in [-0.4, -0.2) is 43.5 Å². The molecule has 1 amide bonds. The SMILES string of the molecule is CS(=O)(=O)Nc1cccc(S(=O)(=O)NC(=O)c2c(-c3ccc[nH]c3=O)c3c4ncsc4ccc3n2Cc2ccc(F)cc2F)c1. The molecule has 3 heterocycles. The Hall–Kier alpha value is -4.93. The number of benzene rings is 3. The summed E-state index contributed by atoms with van der Waals surface area (Å²) in [6, 6.07) is 14.1. The van der Waals surface area contributed by atoms with Crippen LogP contribution in [0.3, 0.4) is 0 Å². The van der Waals surface area contributed by atoms with Crippen molar-refractivity contribution < 1.29 is 30.4 Å². The number of H-pyrrole nitrogens is 1. The van der Waals surface area contributed by atoms with Gasteiger partial charge in [0.15, 0.2) is 0 Å². The Morgan fingerprint density at radius 3 is 2.56 bits per heavy atom. The minimum Gasteiger partial charge on any atom is -0.331 e. The van der Waals surface area contributed by atoms with Crippen LogP contribution < -0.4 is 15.0 Å². The van der Waals surface area contributed by atoms with Crippen LogP contribution in [0.2, 0.25) is 0 Å². The van der Waals surface area contributed by atoms with Gasteiger partial charge < -0.3 is 9.55 Å². The number of aromatic amines is 1. The van der Waals surface area contributed by atoms with Gasteiger partial charge in [-0.3, -0.25) is 14.3 Å². The molecule has 230 valence electrons. The van der Waals surface area contributed by atoms with Crippen LogP contribution in [0.4, 0.5) is 14.5 Å². The third-order valence-electron chi connectivity index (χ3n) is 6.85. The third kappa shape index (κ3) is 5.82. The quantitative estimate of drug-likeness (QED) is 0.216. The molecule has 0 fully saturated rings. The maximum absolute atomic E-state index is 14.9. The Morgan fingerprint density at radius 2 is 1.82 bits per heavy atom. The van der Waals surface area contributed by atoms with Gasteiger partial charge in [0, 0.05) is 34.5 Å². The van der Waals surface area contributed by atoms with Crippen LogP contribution in [0.15, 0.2) is 88.1 Å². The number of nitrogens with zero attached hydrogens (tertiary/aromatic N) is 2. The van der Waals surface area contributed by atoms with E-state index in [9.17, 15) is 35.2 Å². The average molecular weight is 670 g/mol. The molecule has 0 aliphatic heterocycles. The van der Waals surface area contributed by atoms with Gasteiger partial charge in [-0.15, -0.1) is 11.3 Å². The Bertz CT molecular complexity index is 2440. The Balaban J connectivity index is 1.59. The van der Waals surface area contributed by atoms with Crippen LogP contribution in [0.1, 0.15) is 16.1 Å². The number of anilines is 1. The first kappa shape index (κ1) is 30.1. The number of hydrogen-bond donors (Lipinski definition) is 3. The smallest absolute Gasteiger partial charge is 0.282 e. The van der Waals surface area contributed by atoms with Gasteiger partial charge in [0.05, 0.1) is 44.5 Å². The highest BCUT2D eigenvalue weighted by Gasteiger charge is 2.30. The van der Waals surface area contributed by atoms with Gasteiger partial charge in [0.25, 0.3) is 21.5 Å². The van der Waals surface area contributed by atoms with Gasteiger partial charge in [-0.25, -0.2) is 35.3 Å². The Morgan fingerprint density at radius 1 is 1.02 bits per heavy atom. The number of aromatic nitrogens is 3. The molecule has 0 bridgehead atoms. The number of fused-ring (bicyclic) bond motifs is 3. The molecule has 0 aliphatic carbocycles. The highest BCUT2D eigenvalue weighted by atomic mass is 32.2. The minimum absolute atomic E-state index is 0.0169. The molecule has 0 spiro atoms. The lowest BCUT2D eigenvalue weighted by Crippen LogP contribution is -2.33. The van der Waals surface area contributed by atoms with E-state index in [1.54, 1.807) is 17.6 Å². The molecule has 3 aromatic carbocycles. The lowest BCUT2D eigenvalue weighted by Gasteiger charge is -2.14. The predicted octanol–water partition coefficient (Wildman–Crippen LogP) is 4.42. The number of nitrogens with one attached hydrogen (secondary N) is 3. The molecule has 6 rings (SSSR count). The molecule has 6 aromatic rings. The summed E-state index contributed by atoms with van der Waals surface area (Å²) in [6.07, 6.45) is 2.28. The fraction of sp³-hybridized carbons (Fsp3) is 0.0690. The summed E-state index contributed by atoms with van der Waals surface area (Å²) in [5.41, 5.74) is 1.42. The van der Waals surface area contributed by atoms with E-state index in [2.05, 4.69) is 14.7 Å². The molecule has 0 saturated carbocycles. The van der Waals surface area contributed by atoms with E-state index in [4.69, 9.17) is 0 Å². The van der Waals surface area contributed by atoms with Gasteiger partial charge in [-0.05, 0) is 48.5 Å². The van der Waals surface area contributed by atoms with E-state index in [1.807, 2.05) is 4.72 Å². The zero-order chi connectivity index (χ0) is 32.1. The Labute approximate surface area is 258 Å². The van der Waals surface area contributed by atoms with Crippen molar-refractivity contribution in [2.45, 2.75) is 11.4 Å². The first-order valence-electron chi connectivity index (χ1n) is 13.0. The summed E-state index contributed by atoms with van der Waals surface area (Å²) in [7, 11) is -8.38. The third-order valence-corrected chi connectivity index (χ3v) is 9.58. The number of halogens is 2. The van der Waals surface area contributed by atoms with Crippen molar-refractivity contribution in [1.82, 2.24) is 19.3 Å². The predicted molar refractivity (Wildman–Crippen MR) is 166 cm³/mol. The standard InChI is InChI=1S/C29H21F2N5O6S3/c1-44(39,40)34-18-4-2-5-19(13-18)45(41,42)35-29(38)27-24(20-6-3-11-32-28(20)37)25-22(9-10-23-26(25)33-15-43-23)36(27)14-16-7-8-17(30)12-21(16)31/h2-13,15,34H,14H2,1H3,(H,32,37)(H,35,38). The van der Waals surface area contributed by atoms with Crippen molar-refractivity contribution >= 4 is 64.1 Å². The van der Waals surface area contributed by atoms with Crippen molar-refractivity contribution in [3.05, 3.63) is 112 Å². The van der Waals surface area contributed by atoms with Crippen molar-refractivity contribution in [2.75, 3.05) is 11.0 Å². The maximum Gasteiger partial charge on any atom is 0.282 e. The lowest BCUT2D eigenvalue weighted by atomic mass is 10.0. The summed E-state index contributed by atoms with van der Waals surface area (Å²) in [5.74, 6) is -2.89. The number of sulfonamides is 2. The fourth-order valence-corrected chi connectivity index (χ4v) is 7.28. The van der Waals surface area contributed by atoms with E-state index in [0.29, 0.717) is 27.2 Å². The molecule has 3 N–H and O–H groups in total. The van der Waals surface area contributed by atoms with Gasteiger partial charge in [-0.2, -0.15) is 0 Å². The lowest BCUT2D eigenvalue weighted by molar-refractivity contribution is 0.0974. The summed E-state index contributed by atoms with van der Waals surface area (Å²) >= 11 is 1.30. The summed E-state index contributed by atoms with van der Waals surface area (Å²) in [5, 5.41) is 0.342. The first-order valence-corrected chi connectivity index (χ1v) is 17.2. The average Bonchev–Trinajstić information content (AvgIpc) is 3.56. The van der Waals surface area contributed by atoms with Crippen molar-refractivity contribution in [3.8, 4) is 11.1 Å². The van der Waals surface area contributed by atoms with E-state index in [1.165, 1.54) is 52.4 Å². The molecule has 16 heteroatoms. The number of thiazole rings is 1. The van der Waals surface area contributed by atoms with Crippen LogP contribution in [-0.2, 0) is 26.6 Å². The molecule has 0 unspecified atom stereocenters. The van der Waals surface area contributed by atoms with Gasteiger partial charge >= 0.3 is 0 Å². The van der Waals surface area contributed by atoms with Crippen molar-refractivity contribution in [1.29, 1.82) is 0 Å². The molecule has 3 aromatic heterocycles. The second-order valence-corrected chi connectivity index (χ2v) is 14.3. The van der Waals surface area contributed by atoms with Gasteiger partial charge in [0.1, 0.15) is 17.3 Å². The van der Waals surface area contributed by atoms with Crippen molar-refractivity contribution in [2.24, 2.45) is 0 Å². The number of amides is 1. The number of carbonyl (C=O) groups excluding carboxylic acids is 1. The topological polar surface area (TPSA) is 160 Å². The molecule has 0 atom stereocenters. The minimum atomic E-state index is -4.64. The fourth-order valence-electron chi connectivity index (χ4n) is 5.04. The highest BCUT2D eigenvalue weighted by Crippen LogP contribution is 2.39. The molecular formula is C29H21F2N5O6S3. The number of carbonyl (C=O) groups is 1. The molecular weight excluding hydrogens is 649 g/mol. The molecule has 0 saturated heterocycles. The number of hydrogen-bond acceptors (Lipinski definition) is 8.